The lowest BCUT2D eigenvalue weighted by Gasteiger charge is -2.41. The average molecular weight is 505 g/mol. The van der Waals surface area contributed by atoms with Gasteiger partial charge in [-0.3, -0.25) is 14.5 Å². The number of amides is 1. The van der Waals surface area contributed by atoms with E-state index in [1.54, 1.807) is 11.1 Å². The lowest BCUT2D eigenvalue weighted by atomic mass is 9.85. The van der Waals surface area contributed by atoms with Crippen LogP contribution in [-0.2, 0) is 19.8 Å². The number of halogens is 4. The highest BCUT2D eigenvalue weighted by Gasteiger charge is 2.52. The number of rotatable bonds is 7. The number of hydrogen-bond donors (Lipinski definition) is 0. The third kappa shape index (κ3) is 5.07. The van der Waals surface area contributed by atoms with Gasteiger partial charge in [0.25, 0.3) is 5.91 Å². The normalized spacial score (nSPS) is 22.4. The Kier molecular flexibility index (Phi) is 7.17. The molecule has 186 valence electrons. The lowest BCUT2D eigenvalue weighted by Crippen LogP contribution is -2.53. The zero-order valence-electron chi connectivity index (χ0n) is 18.1. The smallest absolute Gasteiger partial charge is 0.493 e. The molecule has 2 atom stereocenters. The lowest BCUT2D eigenvalue weighted by molar-refractivity contribution is -0.325. The first-order chi connectivity index (χ1) is 16.2. The number of ether oxygens (including phenoxy) is 5. The van der Waals surface area contributed by atoms with Crippen molar-refractivity contribution in [3.8, 4) is 11.5 Å². The zero-order chi connectivity index (χ0) is 24.3. The summed E-state index contributed by atoms with van der Waals surface area (Å²) < 4.78 is 62.4. The van der Waals surface area contributed by atoms with E-state index in [2.05, 4.69) is 9.72 Å². The van der Waals surface area contributed by atoms with Gasteiger partial charge in [0, 0.05) is 26.2 Å². The predicted molar refractivity (Wildman–Crippen MR) is 115 cm³/mol. The van der Waals surface area contributed by atoms with Gasteiger partial charge < -0.3 is 23.8 Å². The average Bonchev–Trinajstić information content (AvgIpc) is 3.26. The number of aromatic nitrogens is 1. The quantitative estimate of drug-likeness (QED) is 0.527. The highest BCUT2D eigenvalue weighted by atomic mass is 35.5. The molecule has 2 aliphatic rings. The van der Waals surface area contributed by atoms with Crippen LogP contribution in [-0.4, -0.2) is 68.5 Å². The van der Waals surface area contributed by atoms with Crippen LogP contribution in [0.5, 0.6) is 11.5 Å². The molecule has 2 saturated heterocycles. The fraction of sp³-hybridized carbons (Fsp3) is 0.455. The minimum Gasteiger partial charge on any atom is -0.493 e. The molecule has 1 amide bonds. The number of piperidine rings is 1. The highest BCUT2D eigenvalue weighted by Crippen LogP contribution is 2.42. The summed E-state index contributed by atoms with van der Waals surface area (Å²) in [6, 6.07) is 8.39. The second kappa shape index (κ2) is 9.95. The van der Waals surface area contributed by atoms with Crippen molar-refractivity contribution in [2.75, 3.05) is 40.2 Å². The molecule has 0 saturated carbocycles. The number of likely N-dealkylation sites (tertiary alicyclic amines) is 1. The van der Waals surface area contributed by atoms with Gasteiger partial charge in [0.2, 0.25) is 0 Å². The first-order valence-corrected chi connectivity index (χ1v) is 10.8. The fourth-order valence-electron chi connectivity index (χ4n) is 4.11. The van der Waals surface area contributed by atoms with E-state index in [9.17, 15) is 18.0 Å². The van der Waals surface area contributed by atoms with Crippen LogP contribution in [0.15, 0.2) is 36.5 Å². The molecular weight excluding hydrogens is 481 g/mol. The number of hydrogen-bond acceptors (Lipinski definition) is 7. The number of fused-ring (bicyclic) bond motifs is 1. The molecule has 0 spiro atoms. The SMILES string of the molecule is COc1cc(C(=O)N2CC[C@]3(c4ccccn4)OCO[C@@H]3C2)cc(Cl)c1OCCOC(F)(F)F.[HH]. The summed E-state index contributed by atoms with van der Waals surface area (Å²) in [6.07, 6.45) is -2.97. The molecule has 2 aliphatic heterocycles. The number of alkyl halides is 3. The van der Waals surface area contributed by atoms with Crippen molar-refractivity contribution in [1.82, 2.24) is 9.88 Å². The Morgan fingerprint density at radius 1 is 1.35 bits per heavy atom. The van der Waals surface area contributed by atoms with Crippen molar-refractivity contribution in [1.29, 1.82) is 0 Å². The van der Waals surface area contributed by atoms with Crippen LogP contribution < -0.4 is 9.47 Å². The van der Waals surface area contributed by atoms with Crippen LogP contribution in [0.25, 0.3) is 0 Å². The maximum atomic E-state index is 13.2. The topological polar surface area (TPSA) is 79.4 Å². The van der Waals surface area contributed by atoms with E-state index in [4.69, 9.17) is 30.5 Å². The van der Waals surface area contributed by atoms with Crippen molar-refractivity contribution in [3.05, 3.63) is 52.8 Å². The van der Waals surface area contributed by atoms with E-state index in [1.165, 1.54) is 19.2 Å². The van der Waals surface area contributed by atoms with Crippen LogP contribution in [0.2, 0.25) is 5.02 Å². The molecule has 1 aromatic carbocycles. The second-order valence-corrected chi connectivity index (χ2v) is 8.06. The van der Waals surface area contributed by atoms with Crippen molar-refractivity contribution in [3.63, 3.8) is 0 Å². The van der Waals surface area contributed by atoms with Gasteiger partial charge in [-0.05, 0) is 24.3 Å². The van der Waals surface area contributed by atoms with Gasteiger partial charge in [-0.25, -0.2) is 0 Å². The molecule has 8 nitrogen and oxygen atoms in total. The number of methoxy groups -OCH3 is 1. The Balaban J connectivity index is 0.00000342. The molecule has 0 aliphatic carbocycles. The molecule has 0 bridgehead atoms. The number of nitrogens with zero attached hydrogens (tertiary/aromatic N) is 2. The summed E-state index contributed by atoms with van der Waals surface area (Å²) in [5, 5.41) is 0.0231. The molecule has 34 heavy (non-hydrogen) atoms. The number of carbonyl (C=O) groups excluding carboxylic acids is 1. The van der Waals surface area contributed by atoms with Gasteiger partial charge in [-0.2, -0.15) is 0 Å². The summed E-state index contributed by atoms with van der Waals surface area (Å²) in [7, 11) is 1.34. The molecule has 0 N–H and O–H groups in total. The molecule has 2 aromatic rings. The summed E-state index contributed by atoms with van der Waals surface area (Å²) in [5.41, 5.74) is 0.277. The second-order valence-electron chi connectivity index (χ2n) is 7.66. The minimum atomic E-state index is -4.76. The Hall–Kier alpha value is -2.60. The van der Waals surface area contributed by atoms with E-state index < -0.39 is 31.3 Å². The van der Waals surface area contributed by atoms with Crippen LogP contribution in [0.4, 0.5) is 13.2 Å². The molecule has 4 rings (SSSR count). The van der Waals surface area contributed by atoms with Crippen molar-refractivity contribution >= 4 is 17.5 Å². The highest BCUT2D eigenvalue weighted by molar-refractivity contribution is 6.32. The van der Waals surface area contributed by atoms with E-state index in [-0.39, 0.29) is 42.8 Å². The third-order valence-electron chi connectivity index (χ3n) is 5.70. The standard InChI is InChI=1S/C22H22ClF3N2O6.H2/c1-30-16-11-14(10-15(23)19(16)31-8-9-33-22(24,25)26)20(29)28-7-5-21(17-4-2-3-6-27-17)18(12-28)32-13-34-21;/h2-4,6,10-11,18H,5,7-9,12-13H2,1H3;1H/t18-,21-;/m1./s1. The molecule has 0 unspecified atom stereocenters. The van der Waals surface area contributed by atoms with E-state index in [0.29, 0.717) is 13.0 Å². The Morgan fingerprint density at radius 2 is 2.18 bits per heavy atom. The maximum absolute atomic E-state index is 13.2. The minimum absolute atomic E-state index is 0. The van der Waals surface area contributed by atoms with Crippen LogP contribution in [0, 0.1) is 0 Å². The maximum Gasteiger partial charge on any atom is 0.522 e. The van der Waals surface area contributed by atoms with Gasteiger partial charge in [0.05, 0.1) is 31.0 Å². The van der Waals surface area contributed by atoms with E-state index in [1.807, 2.05) is 18.2 Å². The van der Waals surface area contributed by atoms with Gasteiger partial charge in [-0.1, -0.05) is 17.7 Å². The Labute approximate surface area is 199 Å². The van der Waals surface area contributed by atoms with Crippen molar-refractivity contribution in [2.45, 2.75) is 24.5 Å². The summed E-state index contributed by atoms with van der Waals surface area (Å²) >= 11 is 6.26. The van der Waals surface area contributed by atoms with E-state index >= 15 is 0 Å². The summed E-state index contributed by atoms with van der Waals surface area (Å²) in [6.45, 7) is -0.361. The van der Waals surface area contributed by atoms with Crippen molar-refractivity contribution in [2.24, 2.45) is 0 Å². The molecule has 3 heterocycles. The summed E-state index contributed by atoms with van der Waals surface area (Å²) in [4.78, 5) is 19.3. The molecule has 12 heteroatoms. The van der Waals surface area contributed by atoms with Gasteiger partial charge in [0.15, 0.2) is 11.5 Å². The van der Waals surface area contributed by atoms with Gasteiger partial charge in [0.1, 0.15) is 25.1 Å². The first kappa shape index (κ1) is 24.5. The van der Waals surface area contributed by atoms with E-state index in [0.717, 1.165) is 5.69 Å². The molecule has 1 aromatic heterocycles. The number of benzene rings is 1. The molecule has 2 fully saturated rings. The monoisotopic (exact) mass is 504 g/mol. The number of pyridine rings is 1. The Morgan fingerprint density at radius 3 is 2.88 bits per heavy atom. The third-order valence-corrected chi connectivity index (χ3v) is 5.98. The largest absolute Gasteiger partial charge is 0.522 e. The van der Waals surface area contributed by atoms with Crippen LogP contribution in [0.3, 0.4) is 0 Å². The zero-order valence-corrected chi connectivity index (χ0v) is 18.9. The van der Waals surface area contributed by atoms with Gasteiger partial charge in [-0.15, -0.1) is 13.2 Å². The van der Waals surface area contributed by atoms with Crippen LogP contribution in [0.1, 0.15) is 23.9 Å². The number of carbonyl (C=O) groups is 1. The molecule has 0 radical (unpaired) electrons. The summed E-state index contributed by atoms with van der Waals surface area (Å²) in [5.74, 6) is -0.174. The Bertz CT molecular complexity index is 1030. The van der Waals surface area contributed by atoms with Gasteiger partial charge >= 0.3 is 6.36 Å². The fourth-order valence-corrected chi connectivity index (χ4v) is 4.37. The van der Waals surface area contributed by atoms with Crippen molar-refractivity contribution < 1.29 is 43.1 Å². The van der Waals surface area contributed by atoms with Crippen LogP contribution >= 0.6 is 11.6 Å². The predicted octanol–water partition coefficient (Wildman–Crippen LogP) is 4.02. The molecular formula is C22H24ClF3N2O6. The first-order valence-electron chi connectivity index (χ1n) is 10.4.